The number of hydrogen-bond acceptors (Lipinski definition) is 7. The van der Waals surface area contributed by atoms with E-state index in [2.05, 4.69) is 36.1 Å². The van der Waals surface area contributed by atoms with Crippen molar-refractivity contribution in [2.75, 3.05) is 14.2 Å². The van der Waals surface area contributed by atoms with Crippen LogP contribution in [0.3, 0.4) is 0 Å². The standard InChI is InChI=1S/C39H43NO7/c1-25(27-15-11-8-12-16-27)40(24-26-13-9-7-10-14-26)31(23-35(41)47-39(2,3)4)28-17-19-32-30(21-28)36(38(42)43)37(46-32)29-18-20-33(44-5)34(22-29)45-6/h7-22,25,31,36-37H,23-24H2,1-6H3,(H,42,43)/t25-,31+,36-,37+/m1/s1. The van der Waals surface area contributed by atoms with Crippen LogP contribution in [0.15, 0.2) is 97.1 Å². The Hall–Kier alpha value is -4.82. The van der Waals surface area contributed by atoms with Crippen molar-refractivity contribution < 1.29 is 33.6 Å². The predicted molar refractivity (Wildman–Crippen MR) is 180 cm³/mol. The number of carboxylic acid groups (broad SMARTS) is 1. The first-order valence-electron chi connectivity index (χ1n) is 15.8. The number of hydrogen-bond donors (Lipinski definition) is 1. The molecule has 0 saturated carbocycles. The molecule has 0 saturated heterocycles. The fourth-order valence-electron chi connectivity index (χ4n) is 6.25. The molecule has 8 heteroatoms. The van der Waals surface area contributed by atoms with Crippen molar-refractivity contribution in [2.45, 2.75) is 70.4 Å². The summed E-state index contributed by atoms with van der Waals surface area (Å²) >= 11 is 0. The number of rotatable bonds is 12. The Morgan fingerprint density at radius 3 is 2.13 bits per heavy atom. The first-order chi connectivity index (χ1) is 22.5. The number of esters is 1. The molecule has 4 atom stereocenters. The lowest BCUT2D eigenvalue weighted by atomic mass is 9.88. The summed E-state index contributed by atoms with van der Waals surface area (Å²) in [7, 11) is 3.09. The maximum atomic E-state index is 13.5. The minimum Gasteiger partial charge on any atom is -0.493 e. The van der Waals surface area contributed by atoms with Gasteiger partial charge < -0.3 is 24.1 Å². The lowest BCUT2D eigenvalue weighted by Gasteiger charge is -2.37. The van der Waals surface area contributed by atoms with Crippen LogP contribution in [0.25, 0.3) is 0 Å². The molecule has 1 aliphatic heterocycles. The molecule has 1 heterocycles. The topological polar surface area (TPSA) is 94.5 Å². The van der Waals surface area contributed by atoms with Gasteiger partial charge in [0.15, 0.2) is 11.5 Å². The summed E-state index contributed by atoms with van der Waals surface area (Å²) < 4.78 is 23.0. The van der Waals surface area contributed by atoms with Gasteiger partial charge in [0.05, 0.1) is 20.6 Å². The van der Waals surface area contributed by atoms with Gasteiger partial charge in [-0.25, -0.2) is 0 Å². The molecule has 0 radical (unpaired) electrons. The number of benzene rings is 4. The Balaban J connectivity index is 1.59. The lowest BCUT2D eigenvalue weighted by Crippen LogP contribution is -2.34. The summed E-state index contributed by atoms with van der Waals surface area (Å²) in [5.74, 6) is -0.823. The van der Waals surface area contributed by atoms with E-state index in [-0.39, 0.29) is 18.4 Å². The van der Waals surface area contributed by atoms with Crippen LogP contribution in [-0.2, 0) is 20.9 Å². The number of methoxy groups -OCH3 is 2. The van der Waals surface area contributed by atoms with Gasteiger partial charge >= 0.3 is 11.9 Å². The molecule has 1 aliphatic rings. The van der Waals surface area contributed by atoms with Gasteiger partial charge in [-0.05, 0) is 74.2 Å². The van der Waals surface area contributed by atoms with E-state index in [9.17, 15) is 14.7 Å². The second-order valence-electron chi connectivity index (χ2n) is 12.8. The van der Waals surface area contributed by atoms with Gasteiger partial charge in [-0.3, -0.25) is 14.5 Å². The fourth-order valence-corrected chi connectivity index (χ4v) is 6.25. The number of carboxylic acids is 1. The molecule has 0 aromatic heterocycles. The van der Waals surface area contributed by atoms with Gasteiger partial charge in [0.25, 0.3) is 0 Å². The van der Waals surface area contributed by atoms with Crippen LogP contribution in [0, 0.1) is 0 Å². The molecule has 0 fully saturated rings. The van der Waals surface area contributed by atoms with Crippen LogP contribution in [0.4, 0.5) is 0 Å². The van der Waals surface area contributed by atoms with E-state index in [0.29, 0.717) is 34.9 Å². The zero-order valence-electron chi connectivity index (χ0n) is 27.8. The maximum absolute atomic E-state index is 13.5. The zero-order chi connectivity index (χ0) is 33.7. The highest BCUT2D eigenvalue weighted by molar-refractivity contribution is 5.80. The van der Waals surface area contributed by atoms with E-state index in [4.69, 9.17) is 18.9 Å². The summed E-state index contributed by atoms with van der Waals surface area (Å²) in [4.78, 5) is 28.7. The molecule has 0 spiro atoms. The van der Waals surface area contributed by atoms with Crippen molar-refractivity contribution >= 4 is 11.9 Å². The van der Waals surface area contributed by atoms with Gasteiger partial charge in [-0.1, -0.05) is 72.8 Å². The van der Waals surface area contributed by atoms with Crippen LogP contribution in [0.2, 0.25) is 0 Å². The first kappa shape index (κ1) is 33.5. The van der Waals surface area contributed by atoms with Gasteiger partial charge in [0, 0.05) is 24.2 Å². The monoisotopic (exact) mass is 637 g/mol. The smallest absolute Gasteiger partial charge is 0.315 e. The fraction of sp³-hybridized carbons (Fsp3) is 0.333. The number of nitrogens with zero attached hydrogens (tertiary/aromatic N) is 1. The molecule has 5 rings (SSSR count). The Kier molecular flexibility index (Phi) is 10.2. The van der Waals surface area contributed by atoms with E-state index in [0.717, 1.165) is 16.7 Å². The Labute approximate surface area is 276 Å². The second-order valence-corrected chi connectivity index (χ2v) is 12.8. The maximum Gasteiger partial charge on any atom is 0.315 e. The molecule has 47 heavy (non-hydrogen) atoms. The molecule has 4 aromatic rings. The molecular formula is C39H43NO7. The second kappa shape index (κ2) is 14.3. The Morgan fingerprint density at radius 2 is 1.51 bits per heavy atom. The third kappa shape index (κ3) is 7.77. The summed E-state index contributed by atoms with van der Waals surface area (Å²) in [6, 6.07) is 30.7. The van der Waals surface area contributed by atoms with Crippen molar-refractivity contribution in [2.24, 2.45) is 0 Å². The molecule has 0 bridgehead atoms. The number of aliphatic carboxylic acids is 1. The minimum atomic E-state index is -1.01. The van der Waals surface area contributed by atoms with Gasteiger partial charge in [0.1, 0.15) is 23.4 Å². The molecule has 0 unspecified atom stereocenters. The van der Waals surface area contributed by atoms with E-state index >= 15 is 0 Å². The largest absolute Gasteiger partial charge is 0.493 e. The van der Waals surface area contributed by atoms with E-state index < -0.39 is 29.6 Å². The van der Waals surface area contributed by atoms with Crippen LogP contribution in [-0.4, -0.2) is 41.8 Å². The Bertz CT molecular complexity index is 1680. The summed E-state index contributed by atoms with van der Waals surface area (Å²) in [5.41, 5.74) is 3.53. The van der Waals surface area contributed by atoms with Crippen LogP contribution < -0.4 is 14.2 Å². The third-order valence-corrected chi connectivity index (χ3v) is 8.48. The van der Waals surface area contributed by atoms with Crippen LogP contribution in [0.1, 0.15) is 86.0 Å². The van der Waals surface area contributed by atoms with Crippen molar-refractivity contribution in [1.82, 2.24) is 4.90 Å². The lowest BCUT2D eigenvalue weighted by molar-refractivity contribution is -0.156. The number of carbonyl (C=O) groups is 2. The summed E-state index contributed by atoms with van der Waals surface area (Å²) in [5, 5.41) is 10.5. The molecule has 0 amide bonds. The number of ether oxygens (including phenoxy) is 4. The normalized spacial score (nSPS) is 16.9. The summed E-state index contributed by atoms with van der Waals surface area (Å²) in [6.07, 6.45) is -0.719. The van der Waals surface area contributed by atoms with Crippen molar-refractivity contribution in [3.63, 3.8) is 0 Å². The molecule has 246 valence electrons. The molecular weight excluding hydrogens is 594 g/mol. The van der Waals surface area contributed by atoms with E-state index in [1.54, 1.807) is 25.3 Å². The quantitative estimate of drug-likeness (QED) is 0.156. The Morgan fingerprint density at radius 1 is 0.851 bits per heavy atom. The first-order valence-corrected chi connectivity index (χ1v) is 15.8. The number of fused-ring (bicyclic) bond motifs is 1. The zero-order valence-corrected chi connectivity index (χ0v) is 27.8. The van der Waals surface area contributed by atoms with Crippen molar-refractivity contribution in [1.29, 1.82) is 0 Å². The minimum absolute atomic E-state index is 0.0672. The molecule has 1 N–H and O–H groups in total. The van der Waals surface area contributed by atoms with Gasteiger partial charge in [-0.2, -0.15) is 0 Å². The molecule has 0 aliphatic carbocycles. The van der Waals surface area contributed by atoms with Crippen molar-refractivity contribution in [3.8, 4) is 17.2 Å². The van der Waals surface area contributed by atoms with Crippen molar-refractivity contribution in [3.05, 3.63) is 125 Å². The van der Waals surface area contributed by atoms with Crippen LogP contribution in [0.5, 0.6) is 17.2 Å². The summed E-state index contributed by atoms with van der Waals surface area (Å²) in [6.45, 7) is 8.24. The van der Waals surface area contributed by atoms with Gasteiger partial charge in [0.2, 0.25) is 0 Å². The predicted octanol–water partition coefficient (Wildman–Crippen LogP) is 8.04. The highest BCUT2D eigenvalue weighted by atomic mass is 16.6. The third-order valence-electron chi connectivity index (χ3n) is 8.48. The number of carbonyl (C=O) groups excluding carboxylic acids is 1. The molecule has 8 nitrogen and oxygen atoms in total. The molecule has 4 aromatic carbocycles. The highest BCUT2D eigenvalue weighted by Crippen LogP contribution is 2.49. The van der Waals surface area contributed by atoms with Gasteiger partial charge in [-0.15, -0.1) is 0 Å². The SMILES string of the molecule is COc1ccc([C@@H]2Oc3ccc([C@H](CC(=O)OC(C)(C)C)N(Cc4ccccc4)[C@H](C)c4ccccc4)cc3[C@H]2C(=O)O)cc1OC. The highest BCUT2D eigenvalue weighted by Gasteiger charge is 2.42. The van der Waals surface area contributed by atoms with E-state index in [1.165, 1.54) is 7.11 Å². The van der Waals surface area contributed by atoms with Crippen LogP contribution >= 0.6 is 0 Å². The van der Waals surface area contributed by atoms with E-state index in [1.807, 2.05) is 75.4 Å². The average Bonchev–Trinajstić information content (AvgIpc) is 3.45. The average molecular weight is 638 g/mol.